The smallest absolute Gasteiger partial charge is 0.317 e. The number of nitrogens with zero attached hydrogens (tertiary/aromatic N) is 2. The molecule has 1 aromatic carbocycles. The molecular weight excluding hydrogens is 366 g/mol. The van der Waals surface area contributed by atoms with E-state index in [1.165, 1.54) is 5.56 Å². The molecule has 1 N–H and O–H groups in total. The Bertz CT molecular complexity index is 731. The molecule has 6 nitrogen and oxygen atoms in total. The number of benzene rings is 1. The molecule has 1 saturated carbocycles. The molecule has 0 unspecified atom stereocenters. The van der Waals surface area contributed by atoms with Gasteiger partial charge in [0.1, 0.15) is 5.60 Å². The van der Waals surface area contributed by atoms with E-state index < -0.39 is 5.60 Å². The summed E-state index contributed by atoms with van der Waals surface area (Å²) < 4.78 is 5.37. The average molecular weight is 402 g/mol. The molecule has 0 aromatic heterocycles. The van der Waals surface area contributed by atoms with E-state index in [4.69, 9.17) is 4.74 Å². The summed E-state index contributed by atoms with van der Waals surface area (Å²) in [5, 5.41) is 3.24. The maximum absolute atomic E-state index is 12.6. The average Bonchev–Trinajstić information content (AvgIpc) is 2.95. The highest BCUT2D eigenvalue weighted by molar-refractivity contribution is 5.79. The van der Waals surface area contributed by atoms with Crippen LogP contribution in [-0.2, 0) is 15.1 Å². The molecule has 1 aliphatic carbocycles. The Kier molecular flexibility index (Phi) is 5.95. The highest BCUT2D eigenvalue weighted by Crippen LogP contribution is 2.45. The first-order valence-corrected chi connectivity index (χ1v) is 10.6. The van der Waals surface area contributed by atoms with Crippen LogP contribution in [0, 0.1) is 0 Å². The van der Waals surface area contributed by atoms with E-state index in [0.717, 1.165) is 25.7 Å². The number of carbonyl (C=O) groups is 2. The number of nitrogens with one attached hydrogen (secondary N) is 1. The van der Waals surface area contributed by atoms with E-state index in [1.54, 1.807) is 4.90 Å². The molecule has 0 radical (unpaired) electrons. The van der Waals surface area contributed by atoms with E-state index in [0.29, 0.717) is 13.1 Å². The van der Waals surface area contributed by atoms with Crippen molar-refractivity contribution in [3.8, 4) is 0 Å². The molecular formula is C23H35N3O3. The molecule has 2 fully saturated rings. The fraction of sp³-hybridized carbons (Fsp3) is 0.652. The standard InChI is InChI=1S/C23H35N3O3/c1-21(2,3)29-19(27)11-16-26-17-22(24-20(26)28)12-14-23(15-13-22,25(4)5)18-9-7-6-8-10-18/h6-10H,11-17H2,1-5H3,(H,24,28)/t22-,23+. The van der Waals surface area contributed by atoms with Crippen molar-refractivity contribution in [2.24, 2.45) is 0 Å². The molecule has 1 aliphatic heterocycles. The van der Waals surface area contributed by atoms with Crippen molar-refractivity contribution >= 4 is 12.0 Å². The Morgan fingerprint density at radius 2 is 1.76 bits per heavy atom. The molecule has 160 valence electrons. The van der Waals surface area contributed by atoms with Crippen LogP contribution < -0.4 is 5.32 Å². The summed E-state index contributed by atoms with van der Waals surface area (Å²) in [4.78, 5) is 28.7. The maximum Gasteiger partial charge on any atom is 0.317 e. The van der Waals surface area contributed by atoms with Gasteiger partial charge < -0.3 is 15.0 Å². The van der Waals surface area contributed by atoms with Gasteiger partial charge in [-0.1, -0.05) is 30.3 Å². The molecule has 0 atom stereocenters. The van der Waals surface area contributed by atoms with Crippen LogP contribution in [0.2, 0.25) is 0 Å². The minimum absolute atomic E-state index is 0.00116. The van der Waals surface area contributed by atoms with Crippen LogP contribution >= 0.6 is 0 Å². The second-order valence-corrected chi connectivity index (χ2v) is 9.76. The first-order chi connectivity index (χ1) is 13.6. The summed E-state index contributed by atoms with van der Waals surface area (Å²) in [6, 6.07) is 10.6. The van der Waals surface area contributed by atoms with E-state index in [2.05, 4.69) is 54.6 Å². The molecule has 1 spiro atoms. The van der Waals surface area contributed by atoms with Crippen LogP contribution in [0.5, 0.6) is 0 Å². The molecule has 1 heterocycles. The lowest BCUT2D eigenvalue weighted by Gasteiger charge is -2.48. The Morgan fingerprint density at radius 3 is 2.31 bits per heavy atom. The topological polar surface area (TPSA) is 61.9 Å². The zero-order valence-corrected chi connectivity index (χ0v) is 18.5. The molecule has 2 aliphatic rings. The highest BCUT2D eigenvalue weighted by atomic mass is 16.6. The van der Waals surface area contributed by atoms with Gasteiger partial charge in [0.15, 0.2) is 0 Å². The molecule has 1 saturated heterocycles. The fourth-order valence-corrected chi connectivity index (χ4v) is 4.75. The lowest BCUT2D eigenvalue weighted by molar-refractivity contribution is -0.155. The lowest BCUT2D eigenvalue weighted by atomic mass is 9.69. The first kappa shape index (κ1) is 21.6. The van der Waals surface area contributed by atoms with Crippen molar-refractivity contribution in [3.63, 3.8) is 0 Å². The molecule has 1 aromatic rings. The van der Waals surface area contributed by atoms with Crippen LogP contribution in [-0.4, -0.2) is 60.1 Å². The monoisotopic (exact) mass is 401 g/mol. The minimum atomic E-state index is -0.498. The molecule has 29 heavy (non-hydrogen) atoms. The quantitative estimate of drug-likeness (QED) is 0.767. The van der Waals surface area contributed by atoms with E-state index >= 15 is 0 Å². The summed E-state index contributed by atoms with van der Waals surface area (Å²) in [5.74, 6) is -0.259. The van der Waals surface area contributed by atoms with Gasteiger partial charge in [-0.3, -0.25) is 9.69 Å². The Labute approximate surface area is 174 Å². The fourth-order valence-electron chi connectivity index (χ4n) is 4.75. The third kappa shape index (κ3) is 4.74. The van der Waals surface area contributed by atoms with Gasteiger partial charge in [-0.05, 0) is 66.1 Å². The second kappa shape index (κ2) is 7.98. The summed E-state index contributed by atoms with van der Waals surface area (Å²) in [7, 11) is 4.29. The summed E-state index contributed by atoms with van der Waals surface area (Å²) in [5.41, 5.74) is 0.647. The van der Waals surface area contributed by atoms with Gasteiger partial charge in [-0.25, -0.2) is 4.79 Å². The number of rotatable bonds is 5. The van der Waals surface area contributed by atoms with E-state index in [1.807, 2.05) is 20.8 Å². The number of urea groups is 1. The minimum Gasteiger partial charge on any atom is -0.460 e. The van der Waals surface area contributed by atoms with Crippen LogP contribution in [0.1, 0.15) is 58.4 Å². The van der Waals surface area contributed by atoms with Crippen LogP contribution in [0.15, 0.2) is 30.3 Å². The largest absolute Gasteiger partial charge is 0.460 e. The lowest BCUT2D eigenvalue weighted by Crippen LogP contribution is -2.54. The van der Waals surface area contributed by atoms with Crippen molar-refractivity contribution in [2.45, 2.75) is 69.6 Å². The Balaban J connectivity index is 1.62. The zero-order valence-electron chi connectivity index (χ0n) is 18.5. The van der Waals surface area contributed by atoms with Gasteiger partial charge in [0.25, 0.3) is 0 Å². The highest BCUT2D eigenvalue weighted by Gasteiger charge is 2.49. The van der Waals surface area contributed by atoms with Crippen LogP contribution in [0.3, 0.4) is 0 Å². The van der Waals surface area contributed by atoms with Crippen molar-refractivity contribution in [1.82, 2.24) is 15.1 Å². The number of hydrogen-bond donors (Lipinski definition) is 1. The molecule has 0 bridgehead atoms. The number of hydrogen-bond acceptors (Lipinski definition) is 4. The molecule has 2 amide bonds. The predicted molar refractivity (Wildman–Crippen MR) is 114 cm³/mol. The van der Waals surface area contributed by atoms with Gasteiger partial charge in [-0.15, -0.1) is 0 Å². The molecule has 6 heteroatoms. The van der Waals surface area contributed by atoms with Gasteiger partial charge in [0.2, 0.25) is 0 Å². The van der Waals surface area contributed by atoms with Gasteiger partial charge in [-0.2, -0.15) is 0 Å². The van der Waals surface area contributed by atoms with Crippen molar-refractivity contribution in [3.05, 3.63) is 35.9 Å². The summed E-state index contributed by atoms with van der Waals surface area (Å²) in [6.07, 6.45) is 4.06. The summed E-state index contributed by atoms with van der Waals surface area (Å²) >= 11 is 0. The van der Waals surface area contributed by atoms with Crippen LogP contribution in [0.25, 0.3) is 0 Å². The second-order valence-electron chi connectivity index (χ2n) is 9.76. The number of carbonyl (C=O) groups excluding carboxylic acids is 2. The number of ether oxygens (including phenoxy) is 1. The predicted octanol–water partition coefficient (Wildman–Crippen LogP) is 3.51. The van der Waals surface area contributed by atoms with E-state index in [-0.39, 0.29) is 29.5 Å². The third-order valence-electron chi connectivity index (χ3n) is 6.36. The number of esters is 1. The SMILES string of the molecule is CN(C)[C@]1(c2ccccc2)CC[C@]2(CC1)CN(CCC(=O)OC(C)(C)C)C(=O)N2. The zero-order chi connectivity index (χ0) is 21.3. The summed E-state index contributed by atoms with van der Waals surface area (Å²) in [6.45, 7) is 6.63. The first-order valence-electron chi connectivity index (χ1n) is 10.6. The van der Waals surface area contributed by atoms with Crippen molar-refractivity contribution < 1.29 is 14.3 Å². The normalized spacial score (nSPS) is 27.4. The molecule has 3 rings (SSSR count). The van der Waals surface area contributed by atoms with Gasteiger partial charge in [0, 0.05) is 18.6 Å². The Morgan fingerprint density at radius 1 is 1.14 bits per heavy atom. The van der Waals surface area contributed by atoms with Crippen LogP contribution in [0.4, 0.5) is 4.79 Å². The Hall–Kier alpha value is -2.08. The van der Waals surface area contributed by atoms with Crippen molar-refractivity contribution in [2.75, 3.05) is 27.2 Å². The third-order valence-corrected chi connectivity index (χ3v) is 6.36. The van der Waals surface area contributed by atoms with Gasteiger partial charge >= 0.3 is 12.0 Å². The number of amides is 2. The van der Waals surface area contributed by atoms with Gasteiger partial charge in [0.05, 0.1) is 12.0 Å². The van der Waals surface area contributed by atoms with Crippen molar-refractivity contribution in [1.29, 1.82) is 0 Å². The van der Waals surface area contributed by atoms with E-state index in [9.17, 15) is 9.59 Å². The maximum atomic E-state index is 12.6.